The highest BCUT2D eigenvalue weighted by molar-refractivity contribution is 6.26. The highest BCUT2D eigenvalue weighted by Gasteiger charge is 2.56. The van der Waals surface area contributed by atoms with Crippen molar-refractivity contribution in [3.8, 4) is 11.3 Å². The molecule has 0 saturated carbocycles. The van der Waals surface area contributed by atoms with Gasteiger partial charge in [0, 0.05) is 27.7 Å². The Morgan fingerprint density at radius 2 is 1.59 bits per heavy atom. The van der Waals surface area contributed by atoms with Crippen LogP contribution in [0.25, 0.3) is 22.2 Å². The second-order valence-corrected chi connectivity index (χ2v) is 7.03. The predicted molar refractivity (Wildman–Crippen MR) is 112 cm³/mol. The van der Waals surface area contributed by atoms with E-state index in [1.165, 1.54) is 7.11 Å². The van der Waals surface area contributed by atoms with E-state index in [0.29, 0.717) is 22.5 Å². The number of anilines is 1. The van der Waals surface area contributed by atoms with Crippen LogP contribution in [0.3, 0.4) is 0 Å². The molecule has 29 heavy (non-hydrogen) atoms. The van der Waals surface area contributed by atoms with Gasteiger partial charge in [-0.25, -0.2) is 4.79 Å². The van der Waals surface area contributed by atoms with Crippen molar-refractivity contribution in [2.24, 2.45) is 0 Å². The van der Waals surface area contributed by atoms with Gasteiger partial charge in [-0.1, -0.05) is 60.7 Å². The SMILES string of the molecule is COC(=O)C1(c2c(-c3ccccc3)[nH]c3ccccc23)Nc2ccccc2C1=O. The number of nitrogens with one attached hydrogen (secondary N) is 2. The van der Waals surface area contributed by atoms with Crippen molar-refractivity contribution in [2.75, 3.05) is 12.4 Å². The number of aromatic amines is 1. The Morgan fingerprint density at radius 3 is 2.34 bits per heavy atom. The molecule has 0 spiro atoms. The lowest BCUT2D eigenvalue weighted by Crippen LogP contribution is -2.47. The van der Waals surface area contributed by atoms with Crippen LogP contribution in [0.2, 0.25) is 0 Å². The van der Waals surface area contributed by atoms with Gasteiger partial charge in [0.2, 0.25) is 11.3 Å². The van der Waals surface area contributed by atoms with Crippen LogP contribution in [-0.4, -0.2) is 23.8 Å². The first-order valence-electron chi connectivity index (χ1n) is 9.34. The number of ether oxygens (including phenoxy) is 1. The van der Waals surface area contributed by atoms with E-state index in [9.17, 15) is 9.59 Å². The maximum absolute atomic E-state index is 13.7. The fourth-order valence-corrected chi connectivity index (χ4v) is 4.18. The molecule has 1 unspecified atom stereocenters. The molecule has 4 aromatic rings. The third kappa shape index (κ3) is 2.34. The minimum atomic E-state index is -1.66. The van der Waals surface area contributed by atoms with Crippen molar-refractivity contribution < 1.29 is 14.3 Å². The summed E-state index contributed by atoms with van der Waals surface area (Å²) < 4.78 is 5.17. The first kappa shape index (κ1) is 17.3. The van der Waals surface area contributed by atoms with Crippen molar-refractivity contribution in [3.63, 3.8) is 0 Å². The van der Waals surface area contributed by atoms with Crippen LogP contribution in [0.5, 0.6) is 0 Å². The van der Waals surface area contributed by atoms with Gasteiger partial charge in [-0.2, -0.15) is 0 Å². The van der Waals surface area contributed by atoms with Gasteiger partial charge in [0.1, 0.15) is 0 Å². The van der Waals surface area contributed by atoms with Crippen molar-refractivity contribution in [1.82, 2.24) is 4.98 Å². The Balaban J connectivity index is 1.88. The smallest absolute Gasteiger partial charge is 0.344 e. The summed E-state index contributed by atoms with van der Waals surface area (Å²) in [6.45, 7) is 0. The van der Waals surface area contributed by atoms with Crippen LogP contribution >= 0.6 is 0 Å². The summed E-state index contributed by atoms with van der Waals surface area (Å²) in [6, 6.07) is 24.5. The summed E-state index contributed by atoms with van der Waals surface area (Å²) in [5.41, 5.74) is 2.44. The van der Waals surface area contributed by atoms with Gasteiger partial charge in [0.25, 0.3) is 0 Å². The lowest BCUT2D eigenvalue weighted by atomic mass is 9.82. The normalized spacial score (nSPS) is 17.8. The number of benzene rings is 3. The first-order chi connectivity index (χ1) is 14.2. The highest BCUT2D eigenvalue weighted by Crippen LogP contribution is 2.46. The Labute approximate surface area is 167 Å². The minimum absolute atomic E-state index is 0.318. The van der Waals surface area contributed by atoms with Gasteiger partial charge in [-0.3, -0.25) is 4.79 Å². The van der Waals surface area contributed by atoms with Crippen LogP contribution in [-0.2, 0) is 15.1 Å². The molecule has 5 nitrogen and oxygen atoms in total. The van der Waals surface area contributed by atoms with Crippen LogP contribution in [0.15, 0.2) is 78.9 Å². The third-order valence-electron chi connectivity index (χ3n) is 5.47. The van der Waals surface area contributed by atoms with Gasteiger partial charge >= 0.3 is 5.97 Å². The fourth-order valence-electron chi connectivity index (χ4n) is 4.18. The Kier molecular flexibility index (Phi) is 3.77. The monoisotopic (exact) mass is 382 g/mol. The summed E-state index contributed by atoms with van der Waals surface area (Å²) in [4.78, 5) is 30.3. The molecule has 142 valence electrons. The topological polar surface area (TPSA) is 71.2 Å². The van der Waals surface area contributed by atoms with E-state index in [1.807, 2.05) is 60.7 Å². The second-order valence-electron chi connectivity index (χ2n) is 7.03. The Bertz CT molecular complexity index is 1260. The van der Waals surface area contributed by atoms with Gasteiger partial charge in [-0.05, 0) is 23.8 Å². The molecule has 0 radical (unpaired) electrons. The van der Waals surface area contributed by atoms with Gasteiger partial charge < -0.3 is 15.0 Å². The molecule has 1 aromatic heterocycles. The molecule has 0 saturated heterocycles. The molecular weight excluding hydrogens is 364 g/mol. The molecule has 0 amide bonds. The van der Waals surface area contributed by atoms with Gasteiger partial charge in [0.05, 0.1) is 12.8 Å². The van der Waals surface area contributed by atoms with E-state index in [1.54, 1.807) is 18.2 Å². The van der Waals surface area contributed by atoms with E-state index in [4.69, 9.17) is 4.74 Å². The number of ketones is 1. The number of hydrogen-bond donors (Lipinski definition) is 2. The standard InChI is InChI=1S/C24H18N2O3/c1-29-23(28)24(22(27)17-12-6-8-14-19(17)26-24)20-16-11-5-7-13-18(16)25-21(20)15-9-3-2-4-10-15/h2-14,25-26H,1H3. The van der Waals surface area contributed by atoms with E-state index < -0.39 is 11.5 Å². The number of aromatic nitrogens is 1. The number of hydrogen-bond acceptors (Lipinski definition) is 4. The van der Waals surface area contributed by atoms with Gasteiger partial charge in [-0.15, -0.1) is 0 Å². The second kappa shape index (κ2) is 6.34. The molecule has 1 aliphatic heterocycles. The number of Topliss-reactive ketones (excluding diaryl/α,β-unsaturated/α-hetero) is 1. The first-order valence-corrected chi connectivity index (χ1v) is 9.34. The van der Waals surface area contributed by atoms with Crippen molar-refractivity contribution in [2.45, 2.75) is 5.54 Å². The minimum Gasteiger partial charge on any atom is -0.467 e. The van der Waals surface area contributed by atoms with Crippen molar-refractivity contribution in [1.29, 1.82) is 0 Å². The highest BCUT2D eigenvalue weighted by atomic mass is 16.5. The molecule has 0 bridgehead atoms. The van der Waals surface area contributed by atoms with E-state index >= 15 is 0 Å². The van der Waals surface area contributed by atoms with E-state index in [2.05, 4.69) is 10.3 Å². The predicted octanol–water partition coefficient (Wildman–Crippen LogP) is 4.51. The maximum Gasteiger partial charge on any atom is 0.344 e. The third-order valence-corrected chi connectivity index (χ3v) is 5.47. The largest absolute Gasteiger partial charge is 0.467 e. The molecule has 5 rings (SSSR count). The molecule has 2 N–H and O–H groups in total. The van der Waals surface area contributed by atoms with E-state index in [-0.39, 0.29) is 5.78 Å². The molecular formula is C24H18N2O3. The number of para-hydroxylation sites is 2. The van der Waals surface area contributed by atoms with Crippen molar-refractivity contribution in [3.05, 3.63) is 90.0 Å². The average molecular weight is 382 g/mol. The number of carbonyl (C=O) groups is 2. The van der Waals surface area contributed by atoms with Crippen LogP contribution < -0.4 is 5.32 Å². The molecule has 5 heteroatoms. The maximum atomic E-state index is 13.7. The summed E-state index contributed by atoms with van der Waals surface area (Å²) in [6.07, 6.45) is 0. The zero-order chi connectivity index (χ0) is 20.0. The lowest BCUT2D eigenvalue weighted by molar-refractivity contribution is -0.144. The Hall–Kier alpha value is -3.86. The van der Waals surface area contributed by atoms with Crippen LogP contribution in [0, 0.1) is 0 Å². The Morgan fingerprint density at radius 1 is 0.897 bits per heavy atom. The quantitative estimate of drug-likeness (QED) is 0.404. The number of methoxy groups -OCH3 is 1. The van der Waals surface area contributed by atoms with E-state index in [0.717, 1.165) is 16.5 Å². The average Bonchev–Trinajstić information content (AvgIpc) is 3.30. The number of esters is 1. The molecule has 0 fully saturated rings. The molecule has 1 aliphatic rings. The summed E-state index contributed by atoms with van der Waals surface area (Å²) in [5.74, 6) is -0.956. The molecule has 1 atom stereocenters. The number of fused-ring (bicyclic) bond motifs is 2. The summed E-state index contributed by atoms with van der Waals surface area (Å²) >= 11 is 0. The van der Waals surface area contributed by atoms with Crippen LogP contribution in [0.4, 0.5) is 5.69 Å². The number of H-pyrrole nitrogens is 1. The van der Waals surface area contributed by atoms with Gasteiger partial charge in [0.15, 0.2) is 0 Å². The summed E-state index contributed by atoms with van der Waals surface area (Å²) in [7, 11) is 1.30. The molecule has 2 heterocycles. The fraction of sp³-hybridized carbons (Fsp3) is 0.0833. The lowest BCUT2D eigenvalue weighted by Gasteiger charge is -2.27. The number of rotatable bonds is 3. The molecule has 0 aliphatic carbocycles. The molecule has 3 aromatic carbocycles. The van der Waals surface area contributed by atoms with Crippen LogP contribution in [0.1, 0.15) is 15.9 Å². The zero-order valence-corrected chi connectivity index (χ0v) is 15.7. The summed E-state index contributed by atoms with van der Waals surface area (Å²) in [5, 5.41) is 4.01. The van der Waals surface area contributed by atoms with Crippen molar-refractivity contribution >= 4 is 28.3 Å². The zero-order valence-electron chi connectivity index (χ0n) is 15.7. The number of carbonyl (C=O) groups excluding carboxylic acids is 2.